The zero-order valence-electron chi connectivity index (χ0n) is 18.9. The number of fused-ring (bicyclic) bond motifs is 2. The number of nitrogens with one attached hydrogen (secondary N) is 2. The molecule has 2 aromatic rings. The van der Waals surface area contributed by atoms with Crippen LogP contribution in [0, 0.1) is 0 Å². The maximum absolute atomic E-state index is 13.7. The Bertz CT molecular complexity index is 1330. The summed E-state index contributed by atoms with van der Waals surface area (Å²) in [6, 6.07) is 5.87. The maximum Gasteiger partial charge on any atom is 0.257 e. The monoisotopic (exact) mass is 463 g/mol. The lowest BCUT2D eigenvalue weighted by Gasteiger charge is -2.30. The molecule has 34 heavy (non-hydrogen) atoms. The van der Waals surface area contributed by atoms with Gasteiger partial charge in [0.05, 0.1) is 17.9 Å². The average Bonchev–Trinajstić information content (AvgIpc) is 3.50. The van der Waals surface area contributed by atoms with E-state index in [0.29, 0.717) is 41.6 Å². The van der Waals surface area contributed by atoms with Gasteiger partial charge >= 0.3 is 0 Å². The van der Waals surface area contributed by atoms with Crippen LogP contribution in [-0.2, 0) is 4.74 Å². The Kier molecular flexibility index (Phi) is 5.17. The van der Waals surface area contributed by atoms with Gasteiger partial charge in [-0.3, -0.25) is 4.79 Å². The molecule has 0 spiro atoms. The van der Waals surface area contributed by atoms with Crippen molar-refractivity contribution < 1.29 is 13.9 Å². The molecule has 2 aromatic heterocycles. The zero-order chi connectivity index (χ0) is 23.2. The SMILES string of the molecule is CNc1cc(-c2cnc3n(C4CCOCC4)cccc2-3)nc2c(C(=O)NC3CCC3F)cnn12. The second-order valence-corrected chi connectivity index (χ2v) is 8.91. The highest BCUT2D eigenvalue weighted by molar-refractivity contribution is 6.00. The van der Waals surface area contributed by atoms with E-state index in [4.69, 9.17) is 14.7 Å². The highest BCUT2D eigenvalue weighted by atomic mass is 19.1. The van der Waals surface area contributed by atoms with Crippen molar-refractivity contribution in [3.8, 4) is 22.6 Å². The van der Waals surface area contributed by atoms with Gasteiger partial charge in [0, 0.05) is 55.9 Å². The Morgan fingerprint density at radius 2 is 2.03 bits per heavy atom. The van der Waals surface area contributed by atoms with E-state index in [9.17, 15) is 9.18 Å². The fraction of sp³-hybridized carbons (Fsp3) is 0.417. The van der Waals surface area contributed by atoms with Crippen LogP contribution >= 0.6 is 0 Å². The van der Waals surface area contributed by atoms with E-state index >= 15 is 0 Å². The lowest BCUT2D eigenvalue weighted by atomic mass is 9.90. The third-order valence-corrected chi connectivity index (χ3v) is 6.94. The lowest BCUT2D eigenvalue weighted by Crippen LogP contribution is -2.48. The Morgan fingerprint density at radius 3 is 2.76 bits per heavy atom. The number of anilines is 1. The number of pyridine rings is 1. The van der Waals surface area contributed by atoms with Gasteiger partial charge in [0.1, 0.15) is 23.4 Å². The summed E-state index contributed by atoms with van der Waals surface area (Å²) in [5, 5.41) is 10.3. The molecule has 0 bridgehead atoms. The highest BCUT2D eigenvalue weighted by Crippen LogP contribution is 2.36. The fourth-order valence-electron chi connectivity index (χ4n) is 4.83. The summed E-state index contributed by atoms with van der Waals surface area (Å²) in [5.41, 5.74) is 3.29. The van der Waals surface area contributed by atoms with Crippen LogP contribution in [0.25, 0.3) is 28.3 Å². The van der Waals surface area contributed by atoms with Gasteiger partial charge in [-0.1, -0.05) is 0 Å². The molecule has 0 radical (unpaired) electrons. The number of nitrogens with zero attached hydrogens (tertiary/aromatic N) is 5. The molecule has 1 saturated heterocycles. The van der Waals surface area contributed by atoms with Gasteiger partial charge in [0.25, 0.3) is 5.91 Å². The van der Waals surface area contributed by atoms with Crippen LogP contribution in [0.4, 0.5) is 10.2 Å². The first-order chi connectivity index (χ1) is 16.6. The first-order valence-corrected chi connectivity index (χ1v) is 11.7. The maximum atomic E-state index is 13.7. The molecule has 10 heteroatoms. The predicted octanol–water partition coefficient (Wildman–Crippen LogP) is 3.32. The van der Waals surface area contributed by atoms with Crippen molar-refractivity contribution in [1.29, 1.82) is 0 Å². The summed E-state index contributed by atoms with van der Waals surface area (Å²) in [4.78, 5) is 22.4. The minimum atomic E-state index is -0.994. The number of rotatable bonds is 5. The van der Waals surface area contributed by atoms with Crippen LogP contribution in [0.3, 0.4) is 0 Å². The highest BCUT2D eigenvalue weighted by Gasteiger charge is 2.33. The van der Waals surface area contributed by atoms with Gasteiger partial charge < -0.3 is 19.9 Å². The van der Waals surface area contributed by atoms with E-state index in [1.807, 2.05) is 24.4 Å². The molecule has 4 aliphatic rings. The second-order valence-electron chi connectivity index (χ2n) is 8.91. The molecule has 2 fully saturated rings. The summed E-state index contributed by atoms with van der Waals surface area (Å²) in [5.74, 6) is 1.23. The molecule has 2 atom stereocenters. The number of hydrogen-bond acceptors (Lipinski definition) is 6. The first kappa shape index (κ1) is 21.0. The normalized spacial score (nSPS) is 21.0. The van der Waals surface area contributed by atoms with Crippen molar-refractivity contribution in [3.05, 3.63) is 42.4 Å². The third kappa shape index (κ3) is 3.40. The van der Waals surface area contributed by atoms with Crippen molar-refractivity contribution >= 4 is 17.4 Å². The Labute approximate surface area is 195 Å². The van der Waals surface area contributed by atoms with E-state index < -0.39 is 12.2 Å². The second kappa shape index (κ2) is 8.35. The summed E-state index contributed by atoms with van der Waals surface area (Å²) < 4.78 is 23.0. The molecular weight excluding hydrogens is 437 g/mol. The number of carbonyl (C=O) groups is 1. The average molecular weight is 464 g/mol. The van der Waals surface area contributed by atoms with E-state index in [1.54, 1.807) is 11.6 Å². The number of halogens is 1. The molecule has 1 aliphatic carbocycles. The zero-order valence-corrected chi connectivity index (χ0v) is 18.9. The van der Waals surface area contributed by atoms with Gasteiger partial charge in [-0.15, -0.1) is 0 Å². The number of hydrogen-bond donors (Lipinski definition) is 2. The van der Waals surface area contributed by atoms with Crippen LogP contribution in [-0.4, -0.2) is 62.5 Å². The van der Waals surface area contributed by atoms with Crippen molar-refractivity contribution in [2.45, 2.75) is 43.9 Å². The number of aromatic nitrogens is 5. The third-order valence-electron chi connectivity index (χ3n) is 6.94. The number of carbonyl (C=O) groups excluding carboxylic acids is 1. The van der Waals surface area contributed by atoms with Crippen LogP contribution in [0.1, 0.15) is 42.1 Å². The summed E-state index contributed by atoms with van der Waals surface area (Å²) in [6.07, 6.45) is 7.42. The summed E-state index contributed by atoms with van der Waals surface area (Å²) >= 11 is 0. The fourth-order valence-corrected chi connectivity index (χ4v) is 4.83. The van der Waals surface area contributed by atoms with Crippen molar-refractivity contribution in [3.63, 3.8) is 0 Å². The molecule has 2 N–H and O–H groups in total. The van der Waals surface area contributed by atoms with E-state index in [1.165, 1.54) is 6.20 Å². The van der Waals surface area contributed by atoms with Crippen LogP contribution in [0.5, 0.6) is 0 Å². The Morgan fingerprint density at radius 1 is 1.18 bits per heavy atom. The standard InChI is InChI=1S/C24H26FN7O2/c1-26-21-11-20(29-23-17(13-28-32(21)23)24(33)30-19-5-4-18(19)25)16-12-27-22-15(16)3-2-8-31(22)14-6-9-34-10-7-14/h2-3,8,11-14,18-19,26H,4-7,9-10H2,1H3,(H,30,33). The van der Waals surface area contributed by atoms with Crippen LogP contribution in [0.2, 0.25) is 0 Å². The van der Waals surface area contributed by atoms with E-state index in [0.717, 1.165) is 43.0 Å². The smallest absolute Gasteiger partial charge is 0.257 e. The predicted molar refractivity (Wildman–Crippen MR) is 125 cm³/mol. The van der Waals surface area contributed by atoms with Gasteiger partial charge in [0.15, 0.2) is 5.65 Å². The van der Waals surface area contributed by atoms with E-state index in [2.05, 4.69) is 26.5 Å². The molecule has 3 aliphatic heterocycles. The number of alkyl halides is 1. The van der Waals surface area contributed by atoms with Crippen LogP contribution in [0.15, 0.2) is 36.8 Å². The molecule has 176 valence electrons. The minimum absolute atomic E-state index is 0.318. The van der Waals surface area contributed by atoms with Crippen LogP contribution < -0.4 is 10.6 Å². The summed E-state index contributed by atoms with van der Waals surface area (Å²) in [6.45, 7) is 1.50. The van der Waals surface area contributed by atoms with Gasteiger partial charge in [-0.2, -0.15) is 9.61 Å². The lowest BCUT2D eigenvalue weighted by molar-refractivity contribution is 0.0697. The molecule has 9 nitrogen and oxygen atoms in total. The molecule has 2 unspecified atom stereocenters. The molecule has 1 amide bonds. The molecule has 0 aromatic carbocycles. The van der Waals surface area contributed by atoms with Crippen molar-refractivity contribution in [1.82, 2.24) is 29.5 Å². The minimum Gasteiger partial charge on any atom is -0.381 e. The largest absolute Gasteiger partial charge is 0.381 e. The first-order valence-electron chi connectivity index (χ1n) is 11.7. The van der Waals surface area contributed by atoms with E-state index in [-0.39, 0.29) is 5.91 Å². The summed E-state index contributed by atoms with van der Waals surface area (Å²) in [7, 11) is 1.79. The Balaban J connectivity index is 1.40. The van der Waals surface area contributed by atoms with Crippen molar-refractivity contribution in [2.75, 3.05) is 25.6 Å². The quantitative estimate of drug-likeness (QED) is 0.471. The molecular formula is C24H26FN7O2. The Hall–Kier alpha value is -3.53. The van der Waals surface area contributed by atoms with Crippen molar-refractivity contribution in [2.24, 2.45) is 0 Å². The molecule has 6 rings (SSSR count). The van der Waals surface area contributed by atoms with Gasteiger partial charge in [-0.05, 0) is 37.8 Å². The molecule has 1 saturated carbocycles. The number of ether oxygens (including phenoxy) is 1. The number of amides is 1. The molecule has 5 heterocycles. The van der Waals surface area contributed by atoms with Gasteiger partial charge in [-0.25, -0.2) is 14.4 Å². The van der Waals surface area contributed by atoms with Gasteiger partial charge in [0.2, 0.25) is 0 Å². The topological polar surface area (TPSA) is 98.4 Å².